The summed E-state index contributed by atoms with van der Waals surface area (Å²) >= 11 is 0. The molecule has 0 heterocycles. The minimum absolute atomic E-state index is 0.0285. The number of rotatable bonds is 11. The summed E-state index contributed by atoms with van der Waals surface area (Å²) in [4.78, 5) is 38.8. The third kappa shape index (κ3) is 5.77. The number of ether oxygens (including phenoxy) is 4. The van der Waals surface area contributed by atoms with Crippen LogP contribution in [0, 0.1) is 62.1 Å². The minimum Gasteiger partial charge on any atom is -0.481 e. The molecule has 8 nitrogen and oxygen atoms in total. The molecule has 48 heavy (non-hydrogen) atoms. The highest BCUT2D eigenvalue weighted by molar-refractivity contribution is 5.81. The summed E-state index contributed by atoms with van der Waals surface area (Å²) in [6.07, 6.45) is 9.62. The average molecular weight is 673 g/mol. The van der Waals surface area contributed by atoms with Crippen molar-refractivity contribution in [2.24, 2.45) is 62.1 Å². The van der Waals surface area contributed by atoms with E-state index in [1.54, 1.807) is 21.0 Å². The number of methoxy groups -OCH3 is 1. The largest absolute Gasteiger partial charge is 0.481 e. The first kappa shape index (κ1) is 37.3. The Labute approximate surface area is 289 Å². The van der Waals surface area contributed by atoms with Gasteiger partial charge in [-0.05, 0) is 131 Å². The van der Waals surface area contributed by atoms with Crippen LogP contribution >= 0.6 is 0 Å². The average Bonchev–Trinajstić information content (AvgIpc) is 3.40. The van der Waals surface area contributed by atoms with E-state index in [0.717, 1.165) is 64.2 Å². The molecule has 5 rings (SSSR count). The lowest BCUT2D eigenvalue weighted by atomic mass is 9.32. The maximum absolute atomic E-state index is 14.0. The fourth-order valence-electron chi connectivity index (χ4n) is 12.8. The molecular weight excluding hydrogens is 608 g/mol. The van der Waals surface area contributed by atoms with E-state index in [4.69, 9.17) is 18.9 Å². The van der Waals surface area contributed by atoms with E-state index in [2.05, 4.69) is 48.1 Å². The molecule has 0 aromatic heterocycles. The van der Waals surface area contributed by atoms with Gasteiger partial charge in [-0.15, -0.1) is 0 Å². The molecule has 272 valence electrons. The summed E-state index contributed by atoms with van der Waals surface area (Å²) < 4.78 is 22.7. The van der Waals surface area contributed by atoms with E-state index in [1.165, 1.54) is 5.57 Å². The SMILES string of the molecule is C=C(C)[C@@H]1CC[C@]2(C(=O)OCOCCOC)CC[C@]3(C)[C@H](CC[C@@H]4[C@@]5(C)CC[C@H](OC(=O)CC(C)(C)C(=O)O)C(C)(C)[C@@H]5CC[C@]43C)[C@@H]12. The van der Waals surface area contributed by atoms with E-state index in [0.29, 0.717) is 36.9 Å². The van der Waals surface area contributed by atoms with Crippen LogP contribution in [0.3, 0.4) is 0 Å². The van der Waals surface area contributed by atoms with Crippen LogP contribution in [0.15, 0.2) is 12.2 Å². The third-order valence-electron chi connectivity index (χ3n) is 15.6. The van der Waals surface area contributed by atoms with Crippen molar-refractivity contribution in [2.45, 2.75) is 132 Å². The van der Waals surface area contributed by atoms with Gasteiger partial charge in [0.25, 0.3) is 0 Å². The molecule has 1 N–H and O–H groups in total. The van der Waals surface area contributed by atoms with E-state index in [1.807, 2.05) is 0 Å². The fraction of sp³-hybridized carbons (Fsp3) is 0.875. The van der Waals surface area contributed by atoms with Crippen LogP contribution in [0.4, 0.5) is 0 Å². The van der Waals surface area contributed by atoms with Crippen molar-refractivity contribution in [3.8, 4) is 0 Å². The van der Waals surface area contributed by atoms with Crippen molar-refractivity contribution in [3.63, 3.8) is 0 Å². The standard InChI is InChI=1S/C40H64O8/c1-25(2)26-13-18-40(34(44)47-24-46-22-21-45-10)20-19-38(8)27(32(26)40)11-12-29-37(7)16-15-30(48-31(41)23-35(3,4)33(42)43)36(5,6)28(37)14-17-39(29,38)9/h26-30,32H,1,11-24H2,2-10H3,(H,42,43)/t26-,27+,28-,29+,30-,32+,37-,38+,39+,40-/m0/s1. The summed E-state index contributed by atoms with van der Waals surface area (Å²) in [5, 5.41) is 9.57. The normalized spacial score (nSPS) is 41.6. The molecule has 0 unspecified atom stereocenters. The summed E-state index contributed by atoms with van der Waals surface area (Å²) in [6, 6.07) is 0. The maximum Gasteiger partial charge on any atom is 0.314 e. The zero-order valence-electron chi connectivity index (χ0n) is 31.4. The Kier molecular flexibility index (Phi) is 10.1. The van der Waals surface area contributed by atoms with Crippen molar-refractivity contribution >= 4 is 17.9 Å². The molecule has 0 spiro atoms. The van der Waals surface area contributed by atoms with E-state index >= 15 is 0 Å². The quantitative estimate of drug-likeness (QED) is 0.101. The van der Waals surface area contributed by atoms with Crippen LogP contribution in [0.2, 0.25) is 0 Å². The Balaban J connectivity index is 1.38. The van der Waals surface area contributed by atoms with Crippen molar-refractivity contribution < 1.29 is 38.4 Å². The number of fused-ring (bicyclic) bond motifs is 7. The van der Waals surface area contributed by atoms with Crippen LogP contribution in [-0.2, 0) is 33.3 Å². The summed E-state index contributed by atoms with van der Waals surface area (Å²) in [5.41, 5.74) is -0.358. The maximum atomic E-state index is 14.0. The molecule has 0 radical (unpaired) electrons. The molecule has 8 heteroatoms. The van der Waals surface area contributed by atoms with Crippen LogP contribution in [-0.4, -0.2) is 56.2 Å². The Hall–Kier alpha value is -1.93. The molecule has 0 saturated heterocycles. The van der Waals surface area contributed by atoms with Gasteiger partial charge in [-0.3, -0.25) is 14.4 Å². The highest BCUT2D eigenvalue weighted by Gasteiger charge is 2.72. The number of carbonyl (C=O) groups excluding carboxylic acids is 2. The first-order valence-electron chi connectivity index (χ1n) is 18.6. The predicted octanol–water partition coefficient (Wildman–Crippen LogP) is 8.22. The molecule has 5 aliphatic rings. The van der Waals surface area contributed by atoms with E-state index in [9.17, 15) is 19.5 Å². The van der Waals surface area contributed by atoms with E-state index < -0.39 is 22.8 Å². The third-order valence-corrected chi connectivity index (χ3v) is 15.6. The molecule has 10 atom stereocenters. The van der Waals surface area contributed by atoms with Crippen LogP contribution < -0.4 is 0 Å². The minimum atomic E-state index is -1.15. The highest BCUT2D eigenvalue weighted by Crippen LogP contribution is 2.77. The zero-order chi connectivity index (χ0) is 35.5. The summed E-state index contributed by atoms with van der Waals surface area (Å²) in [7, 11) is 1.63. The van der Waals surface area contributed by atoms with Gasteiger partial charge in [-0.2, -0.15) is 0 Å². The van der Waals surface area contributed by atoms with Gasteiger partial charge < -0.3 is 24.1 Å². The second-order valence-electron chi connectivity index (χ2n) is 18.5. The number of hydrogen-bond donors (Lipinski definition) is 1. The molecule has 5 aliphatic carbocycles. The van der Waals surface area contributed by atoms with Gasteiger partial charge >= 0.3 is 17.9 Å². The smallest absolute Gasteiger partial charge is 0.314 e. The highest BCUT2D eigenvalue weighted by atomic mass is 16.7. The second-order valence-corrected chi connectivity index (χ2v) is 18.5. The topological polar surface area (TPSA) is 108 Å². The molecule has 0 amide bonds. The van der Waals surface area contributed by atoms with Gasteiger partial charge in [0, 0.05) is 12.5 Å². The van der Waals surface area contributed by atoms with Crippen molar-refractivity contribution in [2.75, 3.05) is 27.1 Å². The van der Waals surface area contributed by atoms with Crippen LogP contribution in [0.25, 0.3) is 0 Å². The lowest BCUT2D eigenvalue weighted by molar-refractivity contribution is -0.252. The van der Waals surface area contributed by atoms with Crippen LogP contribution in [0.5, 0.6) is 0 Å². The first-order chi connectivity index (χ1) is 22.3. The molecular formula is C40H64O8. The number of allylic oxidation sites excluding steroid dienone is 1. The Morgan fingerprint density at radius 1 is 0.854 bits per heavy atom. The fourth-order valence-corrected chi connectivity index (χ4v) is 12.8. The Morgan fingerprint density at radius 2 is 1.56 bits per heavy atom. The van der Waals surface area contributed by atoms with Gasteiger partial charge in [0.2, 0.25) is 0 Å². The van der Waals surface area contributed by atoms with Crippen molar-refractivity contribution in [3.05, 3.63) is 12.2 Å². The number of hydrogen-bond acceptors (Lipinski definition) is 7. The van der Waals surface area contributed by atoms with Gasteiger partial charge in [0.05, 0.1) is 30.5 Å². The molecule has 0 aromatic rings. The van der Waals surface area contributed by atoms with Crippen molar-refractivity contribution in [1.29, 1.82) is 0 Å². The molecule has 0 aromatic carbocycles. The molecule has 0 bridgehead atoms. The molecule has 5 saturated carbocycles. The number of aliphatic carboxylic acids is 1. The summed E-state index contributed by atoms with van der Waals surface area (Å²) in [5.74, 6) is 0.414. The van der Waals surface area contributed by atoms with Gasteiger partial charge in [0.15, 0.2) is 6.79 Å². The van der Waals surface area contributed by atoms with Gasteiger partial charge in [-0.1, -0.05) is 46.8 Å². The number of carboxylic acids is 1. The lowest BCUT2D eigenvalue weighted by Crippen LogP contribution is -2.67. The summed E-state index contributed by atoms with van der Waals surface area (Å²) in [6.45, 7) is 22.8. The second kappa shape index (κ2) is 13.0. The Bertz CT molecular complexity index is 1270. The number of carbonyl (C=O) groups is 3. The monoisotopic (exact) mass is 672 g/mol. The predicted molar refractivity (Wildman–Crippen MR) is 184 cm³/mol. The Morgan fingerprint density at radius 3 is 2.21 bits per heavy atom. The number of carboxylic acid groups (broad SMARTS) is 1. The lowest BCUT2D eigenvalue weighted by Gasteiger charge is -2.72. The van der Waals surface area contributed by atoms with Gasteiger partial charge in [0.1, 0.15) is 6.10 Å². The molecule has 0 aliphatic heterocycles. The van der Waals surface area contributed by atoms with Crippen molar-refractivity contribution in [1.82, 2.24) is 0 Å². The van der Waals surface area contributed by atoms with Crippen LogP contribution in [0.1, 0.15) is 126 Å². The van der Waals surface area contributed by atoms with E-state index in [-0.39, 0.29) is 52.9 Å². The van der Waals surface area contributed by atoms with Gasteiger partial charge in [-0.25, -0.2) is 0 Å². The number of esters is 2. The first-order valence-corrected chi connectivity index (χ1v) is 18.6. The zero-order valence-corrected chi connectivity index (χ0v) is 31.4. The molecule has 5 fully saturated rings.